The van der Waals surface area contributed by atoms with Crippen LogP contribution in [0.3, 0.4) is 0 Å². The molecule has 0 heterocycles. The van der Waals surface area contributed by atoms with Crippen LogP contribution in [0.4, 0.5) is 0 Å². The van der Waals surface area contributed by atoms with Gasteiger partial charge in [-0.15, -0.1) is 0 Å². The molecule has 5 heteroatoms. The molecule has 0 bridgehead atoms. The summed E-state index contributed by atoms with van der Waals surface area (Å²) in [4.78, 5) is 11.7. The zero-order chi connectivity index (χ0) is 18.1. The molecule has 1 unspecified atom stereocenters. The topological polar surface area (TPSA) is 55.8 Å². The lowest BCUT2D eigenvalue weighted by atomic mass is 10.1. The van der Waals surface area contributed by atoms with E-state index >= 15 is 0 Å². The van der Waals surface area contributed by atoms with E-state index < -0.39 is 0 Å². The first kappa shape index (κ1) is 20.5. The van der Waals surface area contributed by atoms with Crippen molar-refractivity contribution in [2.24, 2.45) is 0 Å². The number of hydrogen-bond acceptors (Lipinski definition) is 4. The van der Waals surface area contributed by atoms with E-state index in [0.29, 0.717) is 24.5 Å². The Morgan fingerprint density at radius 2 is 2.00 bits per heavy atom. The molecule has 0 saturated carbocycles. The SMILES string of the molecule is CCOC(=O)Cc1ccccc1OC(C)/C(C)=C/C(I)=C(/O)CC. The molecule has 0 aromatic heterocycles. The molecule has 0 aliphatic heterocycles. The summed E-state index contributed by atoms with van der Waals surface area (Å²) >= 11 is 2.12. The van der Waals surface area contributed by atoms with E-state index in [2.05, 4.69) is 22.6 Å². The van der Waals surface area contributed by atoms with Gasteiger partial charge in [-0.05, 0) is 61.1 Å². The third-order valence-corrected chi connectivity index (χ3v) is 4.46. The average molecular weight is 444 g/mol. The lowest BCUT2D eigenvalue weighted by molar-refractivity contribution is -0.142. The minimum Gasteiger partial charge on any atom is -0.511 e. The Morgan fingerprint density at radius 3 is 2.62 bits per heavy atom. The maximum absolute atomic E-state index is 11.7. The second-order valence-corrected chi connectivity index (χ2v) is 6.55. The fourth-order valence-electron chi connectivity index (χ4n) is 1.99. The summed E-state index contributed by atoms with van der Waals surface area (Å²) in [6.45, 7) is 7.96. The van der Waals surface area contributed by atoms with Crippen molar-refractivity contribution in [3.63, 3.8) is 0 Å². The molecule has 0 amide bonds. The van der Waals surface area contributed by atoms with Crippen molar-refractivity contribution < 1.29 is 19.4 Å². The summed E-state index contributed by atoms with van der Waals surface area (Å²) in [5.41, 5.74) is 1.79. The van der Waals surface area contributed by atoms with Gasteiger partial charge in [-0.25, -0.2) is 0 Å². The molecule has 1 atom stereocenters. The standard InChI is InChI=1S/C19H25IO4/c1-5-17(21)16(20)11-13(3)14(4)24-18-10-8-7-9-15(18)12-19(22)23-6-2/h7-11,14,21H,5-6,12H2,1-4H3/b13-11+,17-16-. The smallest absolute Gasteiger partial charge is 0.310 e. The van der Waals surface area contributed by atoms with Crippen LogP contribution in [-0.2, 0) is 16.0 Å². The highest BCUT2D eigenvalue weighted by Gasteiger charge is 2.13. The molecule has 0 fully saturated rings. The third-order valence-electron chi connectivity index (χ3n) is 3.52. The number of ether oxygens (including phenoxy) is 2. The molecule has 24 heavy (non-hydrogen) atoms. The highest BCUT2D eigenvalue weighted by Crippen LogP contribution is 2.24. The second kappa shape index (κ2) is 10.4. The van der Waals surface area contributed by atoms with Crippen molar-refractivity contribution in [1.29, 1.82) is 0 Å². The number of carbonyl (C=O) groups is 1. The Morgan fingerprint density at radius 1 is 1.33 bits per heavy atom. The second-order valence-electron chi connectivity index (χ2n) is 5.39. The zero-order valence-corrected chi connectivity index (χ0v) is 16.8. The fraction of sp³-hybridized carbons (Fsp3) is 0.421. The van der Waals surface area contributed by atoms with Gasteiger partial charge >= 0.3 is 5.97 Å². The normalized spacial score (nSPS) is 14.0. The van der Waals surface area contributed by atoms with E-state index in [-0.39, 0.29) is 18.5 Å². The van der Waals surface area contributed by atoms with Crippen molar-refractivity contribution in [3.05, 3.63) is 50.8 Å². The van der Waals surface area contributed by atoms with Gasteiger partial charge in [0.05, 0.1) is 16.6 Å². The van der Waals surface area contributed by atoms with E-state index in [4.69, 9.17) is 9.47 Å². The number of carbonyl (C=O) groups excluding carboxylic acids is 1. The summed E-state index contributed by atoms with van der Waals surface area (Å²) in [6, 6.07) is 7.47. The number of aliphatic hydroxyl groups is 1. The van der Waals surface area contributed by atoms with Gasteiger partial charge < -0.3 is 14.6 Å². The Bertz CT molecular complexity index is 620. The van der Waals surface area contributed by atoms with Crippen LogP contribution in [0.5, 0.6) is 5.75 Å². The number of esters is 1. The molecule has 1 aromatic rings. The van der Waals surface area contributed by atoms with Crippen molar-refractivity contribution in [2.75, 3.05) is 6.61 Å². The van der Waals surface area contributed by atoms with Crippen LogP contribution in [0.25, 0.3) is 0 Å². The van der Waals surface area contributed by atoms with Gasteiger partial charge in [-0.2, -0.15) is 0 Å². The zero-order valence-electron chi connectivity index (χ0n) is 14.6. The van der Waals surface area contributed by atoms with Gasteiger partial charge in [0, 0.05) is 12.0 Å². The van der Waals surface area contributed by atoms with Crippen molar-refractivity contribution in [2.45, 2.75) is 46.6 Å². The number of benzene rings is 1. The summed E-state index contributed by atoms with van der Waals surface area (Å²) in [5, 5.41) is 9.78. The summed E-state index contributed by atoms with van der Waals surface area (Å²) < 4.78 is 11.8. The van der Waals surface area contributed by atoms with Gasteiger partial charge in [-0.1, -0.05) is 25.1 Å². The Hall–Kier alpha value is -1.50. The van der Waals surface area contributed by atoms with Crippen LogP contribution in [-0.4, -0.2) is 23.8 Å². The number of hydrogen-bond donors (Lipinski definition) is 1. The van der Waals surface area contributed by atoms with Crippen LogP contribution >= 0.6 is 22.6 Å². The summed E-state index contributed by atoms with van der Waals surface area (Å²) in [7, 11) is 0. The van der Waals surface area contributed by atoms with Crippen molar-refractivity contribution >= 4 is 28.6 Å². The number of aliphatic hydroxyl groups excluding tert-OH is 1. The van der Waals surface area contributed by atoms with Crippen LogP contribution in [0, 0.1) is 0 Å². The maximum atomic E-state index is 11.7. The van der Waals surface area contributed by atoms with Crippen LogP contribution in [0.15, 0.2) is 45.3 Å². The molecular formula is C19H25IO4. The molecule has 0 saturated heterocycles. The number of halogens is 1. The van der Waals surface area contributed by atoms with E-state index in [0.717, 1.165) is 14.7 Å². The quantitative estimate of drug-likeness (QED) is 0.262. The van der Waals surface area contributed by atoms with Gasteiger partial charge in [-0.3, -0.25) is 4.79 Å². The summed E-state index contributed by atoms with van der Waals surface area (Å²) in [5.74, 6) is 0.771. The molecular weight excluding hydrogens is 419 g/mol. The van der Waals surface area contributed by atoms with Gasteiger partial charge in [0.15, 0.2) is 0 Å². The first-order valence-corrected chi connectivity index (χ1v) is 9.12. The van der Waals surface area contributed by atoms with Crippen LogP contribution < -0.4 is 4.74 Å². The number of rotatable bonds is 8. The first-order chi connectivity index (χ1) is 11.4. The maximum Gasteiger partial charge on any atom is 0.310 e. The Kier molecular flexibility index (Phi) is 8.89. The number of allylic oxidation sites excluding steroid dienone is 3. The minimum atomic E-state index is -0.265. The van der Waals surface area contributed by atoms with E-state index in [1.54, 1.807) is 6.92 Å². The lowest BCUT2D eigenvalue weighted by Crippen LogP contribution is -2.16. The summed E-state index contributed by atoms with van der Waals surface area (Å²) in [6.07, 6.45) is 2.52. The monoisotopic (exact) mass is 444 g/mol. The van der Waals surface area contributed by atoms with E-state index in [1.807, 2.05) is 51.1 Å². The largest absolute Gasteiger partial charge is 0.511 e. The van der Waals surface area contributed by atoms with Gasteiger partial charge in [0.1, 0.15) is 17.6 Å². The van der Waals surface area contributed by atoms with Gasteiger partial charge in [0.25, 0.3) is 0 Å². The average Bonchev–Trinajstić information content (AvgIpc) is 2.55. The van der Waals surface area contributed by atoms with E-state index in [1.165, 1.54) is 0 Å². The highest BCUT2D eigenvalue weighted by molar-refractivity contribution is 14.1. The molecule has 1 aromatic carbocycles. The molecule has 4 nitrogen and oxygen atoms in total. The van der Waals surface area contributed by atoms with Crippen LogP contribution in [0.1, 0.15) is 39.7 Å². The molecule has 0 spiro atoms. The van der Waals surface area contributed by atoms with Crippen LogP contribution in [0.2, 0.25) is 0 Å². The fourth-order valence-corrected chi connectivity index (χ4v) is 2.86. The van der Waals surface area contributed by atoms with Crippen molar-refractivity contribution in [3.8, 4) is 5.75 Å². The molecule has 0 radical (unpaired) electrons. The predicted molar refractivity (Wildman–Crippen MR) is 105 cm³/mol. The number of para-hydroxylation sites is 1. The molecule has 132 valence electrons. The van der Waals surface area contributed by atoms with Gasteiger partial charge in [0.2, 0.25) is 0 Å². The first-order valence-electron chi connectivity index (χ1n) is 8.04. The minimum absolute atomic E-state index is 0.178. The Labute approximate surface area is 157 Å². The molecule has 0 aliphatic carbocycles. The molecule has 1 N–H and O–H groups in total. The Balaban J connectivity index is 2.89. The molecule has 0 aliphatic rings. The lowest BCUT2D eigenvalue weighted by Gasteiger charge is -2.18. The highest BCUT2D eigenvalue weighted by atomic mass is 127. The van der Waals surface area contributed by atoms with E-state index in [9.17, 15) is 9.90 Å². The predicted octanol–water partition coefficient (Wildman–Crippen LogP) is 5.12. The third kappa shape index (κ3) is 6.55. The van der Waals surface area contributed by atoms with Crippen molar-refractivity contribution in [1.82, 2.24) is 0 Å². The molecule has 1 rings (SSSR count).